The van der Waals surface area contributed by atoms with Crippen LogP contribution in [-0.4, -0.2) is 79.1 Å². The summed E-state index contributed by atoms with van der Waals surface area (Å²) in [6.07, 6.45) is -7.89. The van der Waals surface area contributed by atoms with Gasteiger partial charge in [-0.2, -0.15) is 26.3 Å². The molecule has 2 aliphatic rings. The number of thiocarbonyl (C=S) groups is 1. The molecule has 0 aromatic heterocycles. The summed E-state index contributed by atoms with van der Waals surface area (Å²) in [5.74, 6) is -0.471. The minimum atomic E-state index is -4.53. The fraction of sp³-hybridized carbons (Fsp3) is 0.340. The van der Waals surface area contributed by atoms with Gasteiger partial charge in [-0.3, -0.25) is 9.59 Å². The molecule has 2 aliphatic heterocycles. The van der Waals surface area contributed by atoms with Crippen molar-refractivity contribution in [3.63, 3.8) is 0 Å². The van der Waals surface area contributed by atoms with E-state index in [0.29, 0.717) is 91.1 Å². The maximum Gasteiger partial charge on any atom is 0.416 e. The van der Waals surface area contributed by atoms with Gasteiger partial charge < -0.3 is 53.2 Å². The molecule has 0 saturated carbocycles. The highest BCUT2D eigenvalue weighted by molar-refractivity contribution is 7.80. The number of nitrogens with two attached hydrogens (primary N) is 2. The van der Waals surface area contributed by atoms with Crippen molar-refractivity contribution in [2.75, 3.05) is 74.5 Å². The zero-order valence-corrected chi connectivity index (χ0v) is 37.3. The van der Waals surface area contributed by atoms with Crippen LogP contribution in [0, 0.1) is 0 Å². The van der Waals surface area contributed by atoms with E-state index in [2.05, 4.69) is 31.9 Å². The third-order valence-electron chi connectivity index (χ3n) is 11.2. The molecule has 0 unspecified atom stereocenters. The SMILES string of the molecule is CCN1CC(Nc2cccc(C(F)(F)F)c2)=C([C@H](NCCCNC(=S)NCCCN[C@@H](C2=C(Nc3cccc(C(F)(F)F)c3)CN(CC)C2=O)c2ccc(N)cc2)c2ccc(N)cc2)C1=O. The van der Waals surface area contributed by atoms with Crippen LogP contribution >= 0.6 is 12.2 Å². The first-order valence-electron chi connectivity index (χ1n) is 21.6. The molecule has 4 aromatic rings. The summed E-state index contributed by atoms with van der Waals surface area (Å²) >= 11 is 5.55. The number of amides is 2. The molecule has 66 heavy (non-hydrogen) atoms. The Kier molecular flexibility index (Phi) is 16.2. The molecule has 2 heterocycles. The standard InChI is InChI=1S/C47H54F6N10O2S/c1-3-62-27-37(60-35-11-5-9-31(25-35)46(48,49)50)39(43(62)64)41(29-13-17-33(54)18-14-29)56-21-7-23-58-45(66)59-24-8-22-57-42(30-15-19-34(55)20-16-30)40-38(28-63(4-2)44(40)65)61-36-12-6-10-32(26-36)47(51,52)53/h5-6,9-20,25-26,41-42,56-57,60-61H,3-4,7-8,21-24,27-28,54-55H2,1-2H3,(H2,58,59,66)/t41-,42-/m1/s1. The van der Waals surface area contributed by atoms with Gasteiger partial charge >= 0.3 is 12.4 Å². The number of rotatable bonds is 20. The molecule has 4 aromatic carbocycles. The van der Waals surface area contributed by atoms with Gasteiger partial charge in [0.15, 0.2) is 5.11 Å². The smallest absolute Gasteiger partial charge is 0.399 e. The molecule has 0 radical (unpaired) electrons. The Morgan fingerprint density at radius 2 is 0.985 bits per heavy atom. The van der Waals surface area contributed by atoms with Gasteiger partial charge in [-0.1, -0.05) is 36.4 Å². The predicted molar refractivity (Wildman–Crippen MR) is 250 cm³/mol. The molecule has 0 fully saturated rings. The van der Waals surface area contributed by atoms with Gasteiger partial charge in [-0.25, -0.2) is 0 Å². The Bertz CT molecular complexity index is 2240. The van der Waals surface area contributed by atoms with Gasteiger partial charge in [0, 0.05) is 60.3 Å². The number of alkyl halides is 6. The average molecular weight is 937 g/mol. The summed E-state index contributed by atoms with van der Waals surface area (Å²) < 4.78 is 81.3. The lowest BCUT2D eigenvalue weighted by molar-refractivity contribution is -0.138. The monoisotopic (exact) mass is 936 g/mol. The van der Waals surface area contributed by atoms with Crippen molar-refractivity contribution in [3.05, 3.63) is 142 Å². The van der Waals surface area contributed by atoms with E-state index in [1.165, 1.54) is 24.3 Å². The summed E-state index contributed by atoms with van der Waals surface area (Å²) in [6, 6.07) is 22.7. The molecule has 19 heteroatoms. The number of carbonyl (C=O) groups excluding carboxylic acids is 2. The zero-order chi connectivity index (χ0) is 47.6. The molecular formula is C47H54F6N10O2S. The van der Waals surface area contributed by atoms with Gasteiger partial charge in [0.2, 0.25) is 0 Å². The van der Waals surface area contributed by atoms with Crippen LogP contribution < -0.4 is 43.4 Å². The first kappa shape index (κ1) is 49.1. The average Bonchev–Trinajstić information content (AvgIpc) is 3.76. The van der Waals surface area contributed by atoms with Gasteiger partial charge in [0.25, 0.3) is 11.8 Å². The van der Waals surface area contributed by atoms with Gasteiger partial charge in [-0.15, -0.1) is 0 Å². The van der Waals surface area contributed by atoms with Crippen LogP contribution in [0.15, 0.2) is 120 Å². The normalized spacial score (nSPS) is 15.4. The number of likely N-dealkylation sites (N-methyl/N-ethyl adjacent to an activating group) is 2. The van der Waals surface area contributed by atoms with Gasteiger partial charge in [0.05, 0.1) is 47.4 Å². The molecule has 10 N–H and O–H groups in total. The summed E-state index contributed by atoms with van der Waals surface area (Å²) in [7, 11) is 0. The molecule has 2 atom stereocenters. The first-order chi connectivity index (χ1) is 31.5. The predicted octanol–water partition coefficient (Wildman–Crippen LogP) is 7.55. The Labute approximate surface area is 385 Å². The maximum atomic E-state index is 13.8. The summed E-state index contributed by atoms with van der Waals surface area (Å²) in [6.45, 7) is 6.70. The molecular weight excluding hydrogens is 883 g/mol. The Hall–Kier alpha value is -6.31. The van der Waals surface area contributed by atoms with Crippen LogP contribution in [0.4, 0.5) is 49.1 Å². The van der Waals surface area contributed by atoms with Crippen LogP contribution in [-0.2, 0) is 21.9 Å². The molecule has 6 rings (SSSR count). The third-order valence-corrected chi connectivity index (χ3v) is 11.5. The Morgan fingerprint density at radius 3 is 1.33 bits per heavy atom. The van der Waals surface area contributed by atoms with Crippen molar-refractivity contribution in [2.24, 2.45) is 0 Å². The summed E-state index contributed by atoms with van der Waals surface area (Å²) in [5.41, 5.74) is 15.2. The number of carbonyl (C=O) groups is 2. The fourth-order valence-corrected chi connectivity index (χ4v) is 8.00. The largest absolute Gasteiger partial charge is 0.416 e. The van der Waals surface area contributed by atoms with Crippen LogP contribution in [0.2, 0.25) is 0 Å². The second-order valence-electron chi connectivity index (χ2n) is 15.8. The molecule has 0 bridgehead atoms. The summed E-state index contributed by atoms with van der Waals surface area (Å²) in [4.78, 5) is 30.9. The lowest BCUT2D eigenvalue weighted by Crippen LogP contribution is -2.38. The van der Waals surface area contributed by atoms with Crippen molar-refractivity contribution >= 4 is 51.9 Å². The van der Waals surface area contributed by atoms with Crippen LogP contribution in [0.1, 0.15) is 61.0 Å². The van der Waals surface area contributed by atoms with Crippen molar-refractivity contribution in [1.82, 2.24) is 31.1 Å². The van der Waals surface area contributed by atoms with Crippen molar-refractivity contribution in [1.29, 1.82) is 0 Å². The highest BCUT2D eigenvalue weighted by Gasteiger charge is 2.38. The number of benzene rings is 4. The zero-order valence-electron chi connectivity index (χ0n) is 36.5. The second-order valence-corrected chi connectivity index (χ2v) is 16.2. The van der Waals surface area contributed by atoms with E-state index in [9.17, 15) is 35.9 Å². The van der Waals surface area contributed by atoms with Crippen molar-refractivity contribution in [3.8, 4) is 0 Å². The van der Waals surface area contributed by atoms with E-state index in [1.807, 2.05) is 38.1 Å². The molecule has 12 nitrogen and oxygen atoms in total. The van der Waals surface area contributed by atoms with Gasteiger partial charge in [-0.05, 0) is 124 Å². The first-order valence-corrected chi connectivity index (χ1v) is 22.0. The lowest BCUT2D eigenvalue weighted by Gasteiger charge is -2.23. The van der Waals surface area contributed by atoms with E-state index < -0.39 is 35.6 Å². The quantitative estimate of drug-likeness (QED) is 0.0191. The van der Waals surface area contributed by atoms with E-state index in [4.69, 9.17) is 23.7 Å². The minimum absolute atomic E-state index is 0.197. The van der Waals surface area contributed by atoms with E-state index in [-0.39, 0.29) is 36.3 Å². The lowest BCUT2D eigenvalue weighted by atomic mass is 9.96. The fourth-order valence-electron chi connectivity index (χ4n) is 7.80. The number of halogens is 6. The number of anilines is 4. The number of hydrogen-bond donors (Lipinski definition) is 8. The van der Waals surface area contributed by atoms with Crippen LogP contribution in [0.25, 0.3) is 0 Å². The number of hydrogen-bond acceptors (Lipinski definition) is 9. The second kappa shape index (κ2) is 21.8. The van der Waals surface area contributed by atoms with E-state index in [0.717, 1.165) is 35.4 Å². The highest BCUT2D eigenvalue weighted by atomic mass is 32.1. The van der Waals surface area contributed by atoms with E-state index in [1.54, 1.807) is 34.1 Å². The van der Waals surface area contributed by atoms with Crippen LogP contribution in [0.5, 0.6) is 0 Å². The van der Waals surface area contributed by atoms with Crippen molar-refractivity contribution in [2.45, 2.75) is 51.1 Å². The highest BCUT2D eigenvalue weighted by Crippen LogP contribution is 2.37. The minimum Gasteiger partial charge on any atom is -0.399 e. The maximum absolute atomic E-state index is 13.8. The van der Waals surface area contributed by atoms with E-state index >= 15 is 0 Å². The molecule has 0 spiro atoms. The number of nitrogens with one attached hydrogen (secondary N) is 6. The molecule has 0 aliphatic carbocycles. The Balaban J connectivity index is 1.05. The van der Waals surface area contributed by atoms with Crippen molar-refractivity contribution < 1.29 is 35.9 Å². The molecule has 0 saturated heterocycles. The third kappa shape index (κ3) is 12.5. The van der Waals surface area contributed by atoms with Gasteiger partial charge in [0.1, 0.15) is 0 Å². The van der Waals surface area contributed by atoms with Crippen LogP contribution in [0.3, 0.4) is 0 Å². The molecule has 2 amide bonds. The Morgan fingerprint density at radius 1 is 0.606 bits per heavy atom. The topological polar surface area (TPSA) is 165 Å². The number of nitrogens with zero attached hydrogens (tertiary/aromatic N) is 2. The molecule has 352 valence electrons. The number of nitrogen functional groups attached to an aromatic ring is 2. The summed E-state index contributed by atoms with van der Waals surface area (Å²) in [5, 5.41) is 20.0.